The van der Waals surface area contributed by atoms with Gasteiger partial charge in [0.15, 0.2) is 5.76 Å². The normalized spacial score (nSPS) is 17.8. The van der Waals surface area contributed by atoms with Crippen molar-refractivity contribution < 1.29 is 4.52 Å². The third-order valence-electron chi connectivity index (χ3n) is 4.27. The van der Waals surface area contributed by atoms with Gasteiger partial charge in [0.25, 0.3) is 0 Å². The Labute approximate surface area is 130 Å². The zero-order valence-electron chi connectivity index (χ0n) is 12.4. The molecular formula is C19H18N2O. The van der Waals surface area contributed by atoms with Crippen LogP contribution in [-0.4, -0.2) is 11.7 Å². The average Bonchev–Trinajstić information content (AvgIpc) is 3.25. The van der Waals surface area contributed by atoms with Crippen LogP contribution >= 0.6 is 0 Å². The van der Waals surface area contributed by atoms with E-state index in [0.29, 0.717) is 0 Å². The number of aromatic nitrogens is 1. The number of nitrogens with zero attached hydrogens (tertiary/aromatic N) is 2. The lowest BCUT2D eigenvalue weighted by Crippen LogP contribution is -2.21. The van der Waals surface area contributed by atoms with Gasteiger partial charge >= 0.3 is 0 Å². The number of hydrogen-bond acceptors (Lipinski definition) is 3. The topological polar surface area (TPSA) is 29.3 Å². The second-order valence-corrected chi connectivity index (χ2v) is 5.67. The summed E-state index contributed by atoms with van der Waals surface area (Å²) in [5, 5.41) is 4.26. The standard InChI is InChI=1S/C19H18N2O/c1-3-8-15(9-4-1)17-14-19(22-20-17)18-12-7-13-21(18)16-10-5-2-6-11-16/h1-6,8-11,14,18H,7,12-13H2. The molecule has 0 bridgehead atoms. The minimum atomic E-state index is 0.285. The largest absolute Gasteiger partial charge is 0.361 e. The van der Waals surface area contributed by atoms with Gasteiger partial charge in [0.05, 0.1) is 6.04 Å². The fraction of sp³-hybridized carbons (Fsp3) is 0.211. The fourth-order valence-electron chi connectivity index (χ4n) is 3.18. The van der Waals surface area contributed by atoms with Crippen LogP contribution in [0.4, 0.5) is 5.69 Å². The molecule has 1 unspecified atom stereocenters. The molecule has 0 N–H and O–H groups in total. The predicted octanol–water partition coefficient (Wildman–Crippen LogP) is 4.68. The van der Waals surface area contributed by atoms with Crippen molar-refractivity contribution >= 4 is 5.69 Å². The van der Waals surface area contributed by atoms with Gasteiger partial charge in [-0.25, -0.2) is 0 Å². The average molecular weight is 290 g/mol. The highest BCUT2D eigenvalue weighted by molar-refractivity contribution is 5.59. The maximum atomic E-state index is 5.66. The molecule has 2 heterocycles. The lowest BCUT2D eigenvalue weighted by molar-refractivity contribution is 0.363. The summed E-state index contributed by atoms with van der Waals surface area (Å²) in [7, 11) is 0. The third-order valence-corrected chi connectivity index (χ3v) is 4.27. The highest BCUT2D eigenvalue weighted by atomic mass is 16.5. The Morgan fingerprint density at radius 1 is 0.955 bits per heavy atom. The molecule has 0 radical (unpaired) electrons. The first kappa shape index (κ1) is 13.1. The lowest BCUT2D eigenvalue weighted by atomic mass is 10.1. The van der Waals surface area contributed by atoms with E-state index in [0.717, 1.165) is 30.0 Å². The zero-order valence-corrected chi connectivity index (χ0v) is 12.4. The highest BCUT2D eigenvalue weighted by Gasteiger charge is 2.29. The van der Waals surface area contributed by atoms with E-state index >= 15 is 0 Å². The van der Waals surface area contributed by atoms with E-state index in [2.05, 4.69) is 58.6 Å². The van der Waals surface area contributed by atoms with Gasteiger partial charge in [0.2, 0.25) is 0 Å². The molecular weight excluding hydrogens is 272 g/mol. The fourth-order valence-corrected chi connectivity index (χ4v) is 3.18. The van der Waals surface area contributed by atoms with Crippen LogP contribution in [0.2, 0.25) is 0 Å². The van der Waals surface area contributed by atoms with Gasteiger partial charge in [-0.2, -0.15) is 0 Å². The molecule has 0 aliphatic carbocycles. The Kier molecular flexibility index (Phi) is 3.39. The number of benzene rings is 2. The lowest BCUT2D eigenvalue weighted by Gasteiger charge is -2.24. The molecule has 4 rings (SSSR count). The van der Waals surface area contributed by atoms with Crippen LogP contribution < -0.4 is 4.90 Å². The molecule has 1 atom stereocenters. The number of para-hydroxylation sites is 1. The molecule has 0 spiro atoms. The first-order chi connectivity index (χ1) is 10.9. The second-order valence-electron chi connectivity index (χ2n) is 5.67. The van der Waals surface area contributed by atoms with Crippen LogP contribution in [0.5, 0.6) is 0 Å². The monoisotopic (exact) mass is 290 g/mol. The van der Waals surface area contributed by atoms with Crippen molar-refractivity contribution in [2.24, 2.45) is 0 Å². The van der Waals surface area contributed by atoms with Crippen LogP contribution in [-0.2, 0) is 0 Å². The maximum Gasteiger partial charge on any atom is 0.159 e. The molecule has 2 aromatic carbocycles. The van der Waals surface area contributed by atoms with Crippen molar-refractivity contribution in [2.75, 3.05) is 11.4 Å². The van der Waals surface area contributed by atoms with Crippen molar-refractivity contribution in [1.82, 2.24) is 5.16 Å². The van der Waals surface area contributed by atoms with E-state index in [1.807, 2.05) is 18.2 Å². The van der Waals surface area contributed by atoms with Crippen LogP contribution in [0.15, 0.2) is 71.3 Å². The Balaban J connectivity index is 1.63. The molecule has 110 valence electrons. The van der Waals surface area contributed by atoms with Crippen LogP contribution in [0.1, 0.15) is 24.6 Å². The molecule has 0 amide bonds. The van der Waals surface area contributed by atoms with E-state index in [1.54, 1.807) is 0 Å². The van der Waals surface area contributed by atoms with Gasteiger partial charge in [-0.3, -0.25) is 0 Å². The smallest absolute Gasteiger partial charge is 0.159 e. The molecule has 3 heteroatoms. The summed E-state index contributed by atoms with van der Waals surface area (Å²) in [6.45, 7) is 1.07. The van der Waals surface area contributed by atoms with Crippen molar-refractivity contribution in [3.8, 4) is 11.3 Å². The van der Waals surface area contributed by atoms with E-state index in [4.69, 9.17) is 4.52 Å². The van der Waals surface area contributed by atoms with E-state index in [9.17, 15) is 0 Å². The summed E-state index contributed by atoms with van der Waals surface area (Å²) in [4.78, 5) is 2.41. The van der Waals surface area contributed by atoms with Gasteiger partial charge in [-0.15, -0.1) is 0 Å². The van der Waals surface area contributed by atoms with Crippen LogP contribution in [0, 0.1) is 0 Å². The summed E-state index contributed by atoms with van der Waals surface area (Å²) in [6.07, 6.45) is 2.29. The summed E-state index contributed by atoms with van der Waals surface area (Å²) >= 11 is 0. The van der Waals surface area contributed by atoms with E-state index in [-0.39, 0.29) is 6.04 Å². The first-order valence-electron chi connectivity index (χ1n) is 7.75. The van der Waals surface area contributed by atoms with Gasteiger partial charge in [0.1, 0.15) is 5.69 Å². The first-order valence-corrected chi connectivity index (χ1v) is 7.75. The summed E-state index contributed by atoms with van der Waals surface area (Å²) in [5.74, 6) is 0.959. The molecule has 1 fully saturated rings. The number of rotatable bonds is 3. The van der Waals surface area contributed by atoms with E-state index in [1.165, 1.54) is 12.1 Å². The molecule has 22 heavy (non-hydrogen) atoms. The van der Waals surface area contributed by atoms with Gasteiger partial charge in [-0.05, 0) is 25.0 Å². The Hall–Kier alpha value is -2.55. The predicted molar refractivity (Wildman–Crippen MR) is 87.7 cm³/mol. The molecule has 1 aliphatic heterocycles. The molecule has 1 aliphatic rings. The summed E-state index contributed by atoms with van der Waals surface area (Å²) < 4.78 is 5.66. The van der Waals surface area contributed by atoms with Crippen LogP contribution in [0.3, 0.4) is 0 Å². The van der Waals surface area contributed by atoms with E-state index < -0.39 is 0 Å². The van der Waals surface area contributed by atoms with Crippen molar-refractivity contribution in [1.29, 1.82) is 0 Å². The summed E-state index contributed by atoms with van der Waals surface area (Å²) in [6, 6.07) is 23.1. The minimum absolute atomic E-state index is 0.285. The Bertz CT molecular complexity index is 736. The van der Waals surface area contributed by atoms with Crippen molar-refractivity contribution in [2.45, 2.75) is 18.9 Å². The van der Waals surface area contributed by atoms with Gasteiger partial charge < -0.3 is 9.42 Å². The highest BCUT2D eigenvalue weighted by Crippen LogP contribution is 2.37. The molecule has 0 saturated carbocycles. The van der Waals surface area contributed by atoms with Gasteiger partial charge in [0, 0.05) is 23.9 Å². The minimum Gasteiger partial charge on any atom is -0.361 e. The molecule has 3 aromatic rings. The van der Waals surface area contributed by atoms with Crippen LogP contribution in [0.25, 0.3) is 11.3 Å². The van der Waals surface area contributed by atoms with Crippen molar-refractivity contribution in [3.63, 3.8) is 0 Å². The Morgan fingerprint density at radius 3 is 2.45 bits per heavy atom. The Morgan fingerprint density at radius 2 is 1.68 bits per heavy atom. The number of hydrogen-bond donors (Lipinski definition) is 0. The third kappa shape index (κ3) is 2.39. The SMILES string of the molecule is c1ccc(-c2cc(C3CCCN3c3ccccc3)on2)cc1. The maximum absolute atomic E-state index is 5.66. The van der Waals surface area contributed by atoms with Crippen molar-refractivity contribution in [3.05, 3.63) is 72.5 Å². The zero-order chi connectivity index (χ0) is 14.8. The van der Waals surface area contributed by atoms with Gasteiger partial charge in [-0.1, -0.05) is 53.7 Å². The number of anilines is 1. The summed E-state index contributed by atoms with van der Waals surface area (Å²) in [5.41, 5.74) is 3.26. The molecule has 3 nitrogen and oxygen atoms in total. The molecule has 1 saturated heterocycles. The second kappa shape index (κ2) is 5.68. The quantitative estimate of drug-likeness (QED) is 0.701. The molecule has 1 aromatic heterocycles.